The maximum atomic E-state index is 5.43. The lowest BCUT2D eigenvalue weighted by atomic mass is 10.0. The van der Waals surface area contributed by atoms with E-state index in [1.54, 1.807) is 0 Å². The minimum Gasteiger partial charge on any atom is -0.309 e. The lowest BCUT2D eigenvalue weighted by Crippen LogP contribution is -2.04. The normalized spacial score (nSPS) is 11.6. The van der Waals surface area contributed by atoms with Crippen LogP contribution >= 0.6 is 15.9 Å². The fourth-order valence-corrected chi connectivity index (χ4v) is 8.83. The van der Waals surface area contributed by atoms with Crippen LogP contribution in [0.15, 0.2) is 205 Å². The van der Waals surface area contributed by atoms with Gasteiger partial charge in [0.15, 0.2) is 0 Å². The van der Waals surface area contributed by atoms with Crippen LogP contribution in [-0.4, -0.2) is 19.1 Å². The summed E-state index contributed by atoms with van der Waals surface area (Å²) in [6, 6.07) is 70.9. The Morgan fingerprint density at radius 1 is 0.316 bits per heavy atom. The monoisotopic (exact) mass is 792 g/mol. The van der Waals surface area contributed by atoms with Gasteiger partial charge in [-0.3, -0.25) is 4.57 Å². The summed E-state index contributed by atoms with van der Waals surface area (Å²) in [5, 5.41) is 4.76. The predicted octanol–water partition coefficient (Wildman–Crippen LogP) is 14.1. The molecule has 0 aliphatic rings. The van der Waals surface area contributed by atoms with Gasteiger partial charge in [0, 0.05) is 42.8 Å². The van der Waals surface area contributed by atoms with Crippen LogP contribution in [0, 0.1) is 0 Å². The molecule has 11 rings (SSSR count). The van der Waals surface area contributed by atoms with Crippen molar-refractivity contribution in [2.24, 2.45) is 0 Å². The average Bonchev–Trinajstić information content (AvgIpc) is 3.79. The first-order chi connectivity index (χ1) is 28.2. The van der Waals surface area contributed by atoms with Gasteiger partial charge in [0.1, 0.15) is 0 Å². The quantitative estimate of drug-likeness (QED) is 0.168. The lowest BCUT2D eigenvalue weighted by Gasteiger charge is -2.14. The van der Waals surface area contributed by atoms with Crippen molar-refractivity contribution in [1.82, 2.24) is 19.1 Å². The Labute approximate surface area is 338 Å². The maximum absolute atomic E-state index is 5.43. The molecule has 0 fully saturated rings. The van der Waals surface area contributed by atoms with Crippen molar-refractivity contribution in [3.8, 4) is 56.4 Å². The van der Waals surface area contributed by atoms with Gasteiger partial charge in [-0.1, -0.05) is 162 Å². The zero-order valence-corrected chi connectivity index (χ0v) is 32.3. The molecule has 0 unspecified atom stereocenters. The van der Waals surface area contributed by atoms with Gasteiger partial charge in [-0.15, -0.1) is 0 Å². The third kappa shape index (κ3) is 5.74. The SMILES string of the molecule is Brc1cc(-c2cc(-c3ccc(-c4ccccc4)cc3)nc(-n3c4ccccc4c4cc(-c5ccccc5)ccc43)n2)cc(-n2c3ccccc3c3ccccc32)c1. The number of rotatable bonds is 6. The second kappa shape index (κ2) is 13.6. The molecule has 0 aliphatic carbocycles. The third-order valence-corrected chi connectivity index (χ3v) is 11.5. The number of hydrogen-bond acceptors (Lipinski definition) is 2. The highest BCUT2D eigenvalue weighted by Gasteiger charge is 2.19. The van der Waals surface area contributed by atoms with Gasteiger partial charge in [0.25, 0.3) is 0 Å². The van der Waals surface area contributed by atoms with E-state index in [1.807, 2.05) is 6.07 Å². The van der Waals surface area contributed by atoms with Crippen molar-refractivity contribution in [3.05, 3.63) is 205 Å². The molecule has 3 heterocycles. The summed E-state index contributed by atoms with van der Waals surface area (Å²) in [6.45, 7) is 0. The number of para-hydroxylation sites is 3. The van der Waals surface area contributed by atoms with Crippen LogP contribution in [0.25, 0.3) is 100 Å². The van der Waals surface area contributed by atoms with E-state index in [-0.39, 0.29) is 0 Å². The molecule has 0 atom stereocenters. The number of hydrogen-bond donors (Lipinski definition) is 0. The fourth-order valence-electron chi connectivity index (χ4n) is 8.34. The van der Waals surface area contributed by atoms with E-state index in [0.717, 1.165) is 71.1 Å². The summed E-state index contributed by atoms with van der Waals surface area (Å²) in [4.78, 5) is 10.8. The van der Waals surface area contributed by atoms with Crippen molar-refractivity contribution in [2.75, 3.05) is 0 Å². The van der Waals surface area contributed by atoms with E-state index < -0.39 is 0 Å². The highest BCUT2D eigenvalue weighted by Crippen LogP contribution is 2.38. The summed E-state index contributed by atoms with van der Waals surface area (Å²) in [5.41, 5.74) is 13.9. The average molecular weight is 794 g/mol. The van der Waals surface area contributed by atoms with Crippen LogP contribution in [0.5, 0.6) is 0 Å². The fraction of sp³-hybridized carbons (Fsp3) is 0. The Kier molecular flexibility index (Phi) is 7.93. The molecule has 0 bridgehead atoms. The molecule has 11 aromatic rings. The minimum atomic E-state index is 0.617. The topological polar surface area (TPSA) is 35.6 Å². The first-order valence-corrected chi connectivity index (χ1v) is 19.9. The standard InChI is InChI=1S/C52H33BrN4/c53-40-29-39(30-41(32-40)56-48-20-10-7-17-42(48)43-18-8-11-21-49(43)56)47-33-46(37-25-23-36(24-26-37)34-13-3-1-4-14-34)54-52(55-47)57-50-22-12-9-19-44(50)45-31-38(27-28-51(45)57)35-15-5-2-6-16-35/h1-33H. The third-order valence-electron chi connectivity index (χ3n) is 11.0. The van der Waals surface area contributed by atoms with Crippen LogP contribution in [-0.2, 0) is 0 Å². The molecule has 0 N–H and O–H groups in total. The molecular weight excluding hydrogens is 761 g/mol. The number of fused-ring (bicyclic) bond motifs is 6. The molecule has 5 heteroatoms. The van der Waals surface area contributed by atoms with Crippen molar-refractivity contribution in [2.45, 2.75) is 0 Å². The number of benzene rings is 8. The van der Waals surface area contributed by atoms with E-state index in [9.17, 15) is 0 Å². The molecule has 268 valence electrons. The zero-order valence-electron chi connectivity index (χ0n) is 30.7. The van der Waals surface area contributed by atoms with Crippen LogP contribution < -0.4 is 0 Å². The van der Waals surface area contributed by atoms with Crippen LogP contribution in [0.1, 0.15) is 0 Å². The summed E-state index contributed by atoms with van der Waals surface area (Å²) in [7, 11) is 0. The summed E-state index contributed by atoms with van der Waals surface area (Å²) in [6.07, 6.45) is 0. The molecule has 0 spiro atoms. The molecule has 0 amide bonds. The molecule has 0 saturated carbocycles. The van der Waals surface area contributed by atoms with Crippen LogP contribution in [0.3, 0.4) is 0 Å². The molecule has 3 aromatic heterocycles. The Morgan fingerprint density at radius 2 is 0.772 bits per heavy atom. The van der Waals surface area contributed by atoms with Gasteiger partial charge in [-0.25, -0.2) is 9.97 Å². The van der Waals surface area contributed by atoms with Gasteiger partial charge in [-0.2, -0.15) is 0 Å². The smallest absolute Gasteiger partial charge is 0.235 e. The van der Waals surface area contributed by atoms with Crippen LogP contribution in [0.4, 0.5) is 0 Å². The molecule has 57 heavy (non-hydrogen) atoms. The first-order valence-electron chi connectivity index (χ1n) is 19.1. The molecule has 0 radical (unpaired) electrons. The Hall–Kier alpha value is -7.08. The van der Waals surface area contributed by atoms with E-state index in [1.165, 1.54) is 27.5 Å². The summed E-state index contributed by atoms with van der Waals surface area (Å²) < 4.78 is 5.54. The summed E-state index contributed by atoms with van der Waals surface area (Å²) >= 11 is 3.90. The Morgan fingerprint density at radius 3 is 1.40 bits per heavy atom. The molecule has 0 saturated heterocycles. The van der Waals surface area contributed by atoms with Crippen molar-refractivity contribution >= 4 is 59.5 Å². The largest absolute Gasteiger partial charge is 0.309 e. The first kappa shape index (κ1) is 33.3. The van der Waals surface area contributed by atoms with Gasteiger partial charge in [-0.05, 0) is 76.9 Å². The molecule has 8 aromatic carbocycles. The highest BCUT2D eigenvalue weighted by molar-refractivity contribution is 9.10. The Bertz CT molecular complexity index is 3240. The molecular formula is C52H33BrN4. The predicted molar refractivity (Wildman–Crippen MR) is 240 cm³/mol. The van der Waals surface area contributed by atoms with Gasteiger partial charge in [0.05, 0.1) is 33.5 Å². The summed E-state index contributed by atoms with van der Waals surface area (Å²) in [5.74, 6) is 0.617. The van der Waals surface area contributed by atoms with Crippen molar-refractivity contribution in [3.63, 3.8) is 0 Å². The second-order valence-electron chi connectivity index (χ2n) is 14.4. The van der Waals surface area contributed by atoms with Crippen molar-refractivity contribution in [1.29, 1.82) is 0 Å². The van der Waals surface area contributed by atoms with Crippen LogP contribution in [0.2, 0.25) is 0 Å². The second-order valence-corrected chi connectivity index (χ2v) is 15.3. The minimum absolute atomic E-state index is 0.617. The van der Waals surface area contributed by atoms with Gasteiger partial charge in [0.2, 0.25) is 5.95 Å². The Balaban J connectivity index is 1.14. The highest BCUT2D eigenvalue weighted by atomic mass is 79.9. The van der Waals surface area contributed by atoms with Crippen molar-refractivity contribution < 1.29 is 0 Å². The zero-order chi connectivity index (χ0) is 37.9. The number of nitrogens with zero attached hydrogens (tertiary/aromatic N) is 4. The van der Waals surface area contributed by atoms with E-state index >= 15 is 0 Å². The van der Waals surface area contributed by atoms with E-state index in [2.05, 4.69) is 219 Å². The van der Waals surface area contributed by atoms with Gasteiger partial charge < -0.3 is 4.57 Å². The lowest BCUT2D eigenvalue weighted by molar-refractivity contribution is 0.995. The number of aromatic nitrogens is 4. The van der Waals surface area contributed by atoms with E-state index in [0.29, 0.717) is 5.95 Å². The number of halogens is 1. The maximum Gasteiger partial charge on any atom is 0.235 e. The van der Waals surface area contributed by atoms with Gasteiger partial charge >= 0.3 is 0 Å². The van der Waals surface area contributed by atoms with E-state index in [4.69, 9.17) is 9.97 Å². The molecule has 4 nitrogen and oxygen atoms in total. The molecule has 0 aliphatic heterocycles.